The normalized spacial score (nSPS) is 11.5. The molecule has 0 radical (unpaired) electrons. The van der Waals surface area contributed by atoms with E-state index in [0.717, 1.165) is 0 Å². The first-order valence-corrected chi connectivity index (χ1v) is 5.33. The van der Waals surface area contributed by atoms with Crippen molar-refractivity contribution in [2.75, 3.05) is 0 Å². The number of ketones is 1. The van der Waals surface area contributed by atoms with Gasteiger partial charge in [-0.1, -0.05) is 27.5 Å². The topological polar surface area (TPSA) is 17.1 Å². The Morgan fingerprint density at radius 3 is 2.67 bits per heavy atom. The number of hydrogen-bond donors (Lipinski definition) is 0. The number of Topliss-reactive ketones (excluding diaryl/α,β-unsaturated/α-hetero) is 1. The zero-order valence-corrected chi connectivity index (χ0v) is 10.2. The van der Waals surface area contributed by atoms with E-state index in [1.54, 1.807) is 12.1 Å². The molecule has 0 saturated carbocycles. The lowest BCUT2D eigenvalue weighted by atomic mass is 10.1. The maximum absolute atomic E-state index is 12.6. The predicted octanol–water partition coefficient (Wildman–Crippen LogP) is 3.87. The summed E-state index contributed by atoms with van der Waals surface area (Å²) in [7, 11) is 0. The van der Waals surface area contributed by atoms with E-state index in [1.807, 2.05) is 0 Å². The minimum absolute atomic E-state index is 0.329. The molecule has 1 aromatic carbocycles. The standard InChI is InChI=1S/C10H8BrClF2O/c1-10(13,14)9(15)5-6-4-7(12)2-3-8(6)11/h2-4H,5H2,1H3. The van der Waals surface area contributed by atoms with E-state index in [4.69, 9.17) is 11.6 Å². The molecular formula is C10H8BrClF2O. The van der Waals surface area contributed by atoms with Crippen LogP contribution in [0.2, 0.25) is 5.02 Å². The third-order valence-electron chi connectivity index (χ3n) is 1.85. The largest absolute Gasteiger partial charge is 0.302 e. The SMILES string of the molecule is CC(F)(F)C(=O)Cc1cc(Cl)ccc1Br. The molecule has 0 bridgehead atoms. The van der Waals surface area contributed by atoms with Crippen molar-refractivity contribution in [2.24, 2.45) is 0 Å². The van der Waals surface area contributed by atoms with Crippen LogP contribution in [0.25, 0.3) is 0 Å². The van der Waals surface area contributed by atoms with Crippen molar-refractivity contribution >= 4 is 33.3 Å². The van der Waals surface area contributed by atoms with Gasteiger partial charge in [-0.2, -0.15) is 8.78 Å². The molecule has 0 atom stereocenters. The van der Waals surface area contributed by atoms with Gasteiger partial charge in [-0.05, 0) is 23.8 Å². The fraction of sp³-hybridized carbons (Fsp3) is 0.300. The van der Waals surface area contributed by atoms with Crippen molar-refractivity contribution in [1.29, 1.82) is 0 Å². The number of rotatable bonds is 3. The van der Waals surface area contributed by atoms with Crippen LogP contribution in [-0.4, -0.2) is 11.7 Å². The van der Waals surface area contributed by atoms with Crippen LogP contribution in [0.3, 0.4) is 0 Å². The van der Waals surface area contributed by atoms with E-state index in [-0.39, 0.29) is 6.42 Å². The Morgan fingerprint density at radius 2 is 2.13 bits per heavy atom. The molecule has 0 saturated heterocycles. The van der Waals surface area contributed by atoms with E-state index >= 15 is 0 Å². The van der Waals surface area contributed by atoms with Crippen LogP contribution in [0.4, 0.5) is 8.78 Å². The fourth-order valence-electron chi connectivity index (χ4n) is 1.01. The Morgan fingerprint density at radius 1 is 1.53 bits per heavy atom. The zero-order chi connectivity index (χ0) is 11.6. The highest BCUT2D eigenvalue weighted by molar-refractivity contribution is 9.10. The van der Waals surface area contributed by atoms with Crippen LogP contribution >= 0.6 is 27.5 Å². The monoisotopic (exact) mass is 296 g/mol. The third-order valence-corrected chi connectivity index (χ3v) is 2.86. The van der Waals surface area contributed by atoms with Crippen molar-refractivity contribution in [3.63, 3.8) is 0 Å². The Hall–Kier alpha value is -0.480. The lowest BCUT2D eigenvalue weighted by molar-refractivity contribution is -0.139. The van der Waals surface area contributed by atoms with Gasteiger partial charge in [-0.25, -0.2) is 0 Å². The van der Waals surface area contributed by atoms with Crippen molar-refractivity contribution in [3.8, 4) is 0 Å². The third kappa shape index (κ3) is 3.54. The molecule has 0 fully saturated rings. The summed E-state index contributed by atoms with van der Waals surface area (Å²) in [6.45, 7) is 0.591. The van der Waals surface area contributed by atoms with Crippen LogP contribution in [-0.2, 0) is 11.2 Å². The van der Waals surface area contributed by atoms with Gasteiger partial charge in [0.15, 0.2) is 0 Å². The van der Waals surface area contributed by atoms with Crippen LogP contribution in [0.15, 0.2) is 22.7 Å². The maximum Gasteiger partial charge on any atom is 0.302 e. The summed E-state index contributed by atoms with van der Waals surface area (Å²) in [6.07, 6.45) is -0.329. The minimum atomic E-state index is -3.30. The zero-order valence-electron chi connectivity index (χ0n) is 7.86. The van der Waals surface area contributed by atoms with Crippen LogP contribution in [0.5, 0.6) is 0 Å². The highest BCUT2D eigenvalue weighted by Crippen LogP contribution is 2.24. The highest BCUT2D eigenvalue weighted by atomic mass is 79.9. The van der Waals surface area contributed by atoms with E-state index < -0.39 is 11.7 Å². The Kier molecular flexibility index (Phi) is 3.84. The van der Waals surface area contributed by atoms with Crippen molar-refractivity contribution in [2.45, 2.75) is 19.3 Å². The van der Waals surface area contributed by atoms with Gasteiger partial charge in [0.05, 0.1) is 0 Å². The molecule has 0 aliphatic rings. The quantitative estimate of drug-likeness (QED) is 0.828. The maximum atomic E-state index is 12.6. The van der Waals surface area contributed by atoms with E-state index in [1.165, 1.54) is 6.07 Å². The second kappa shape index (κ2) is 4.58. The summed E-state index contributed by atoms with van der Waals surface area (Å²) in [5.74, 6) is -4.42. The summed E-state index contributed by atoms with van der Waals surface area (Å²) in [5.41, 5.74) is 0.467. The number of alkyl halides is 2. The summed E-state index contributed by atoms with van der Waals surface area (Å²) in [6, 6.07) is 4.73. The second-order valence-electron chi connectivity index (χ2n) is 3.22. The number of carbonyl (C=O) groups is 1. The molecule has 0 N–H and O–H groups in total. The fourth-order valence-corrected chi connectivity index (χ4v) is 1.59. The molecule has 0 heterocycles. The summed E-state index contributed by atoms with van der Waals surface area (Å²) < 4.78 is 25.9. The molecule has 0 aliphatic carbocycles. The molecule has 0 spiro atoms. The van der Waals surface area contributed by atoms with Crippen molar-refractivity contribution < 1.29 is 13.6 Å². The van der Waals surface area contributed by atoms with Gasteiger partial charge in [0.1, 0.15) is 0 Å². The molecule has 1 rings (SSSR count). The average molecular weight is 298 g/mol. The van der Waals surface area contributed by atoms with E-state index in [2.05, 4.69) is 15.9 Å². The molecule has 0 aliphatic heterocycles. The molecule has 0 unspecified atom stereocenters. The first kappa shape index (κ1) is 12.6. The van der Waals surface area contributed by atoms with Crippen molar-refractivity contribution in [1.82, 2.24) is 0 Å². The summed E-state index contributed by atoms with van der Waals surface area (Å²) >= 11 is 8.86. The predicted molar refractivity (Wildman–Crippen MR) is 58.5 cm³/mol. The molecule has 82 valence electrons. The van der Waals surface area contributed by atoms with Gasteiger partial charge in [0.2, 0.25) is 5.78 Å². The van der Waals surface area contributed by atoms with Gasteiger partial charge < -0.3 is 0 Å². The van der Waals surface area contributed by atoms with Crippen LogP contribution in [0, 0.1) is 0 Å². The smallest absolute Gasteiger partial charge is 0.293 e. The molecule has 0 amide bonds. The van der Waals surface area contributed by atoms with Crippen molar-refractivity contribution in [3.05, 3.63) is 33.3 Å². The van der Waals surface area contributed by atoms with Gasteiger partial charge >= 0.3 is 5.92 Å². The number of halogens is 4. The lowest BCUT2D eigenvalue weighted by Gasteiger charge is -2.09. The first-order valence-electron chi connectivity index (χ1n) is 4.16. The van der Waals surface area contributed by atoms with E-state index in [0.29, 0.717) is 22.0 Å². The highest BCUT2D eigenvalue weighted by Gasteiger charge is 2.31. The lowest BCUT2D eigenvalue weighted by Crippen LogP contribution is -2.26. The Balaban J connectivity index is 2.90. The summed E-state index contributed by atoms with van der Waals surface area (Å²) in [5, 5.41) is 0.417. The van der Waals surface area contributed by atoms with Crippen LogP contribution < -0.4 is 0 Å². The van der Waals surface area contributed by atoms with Crippen LogP contribution in [0.1, 0.15) is 12.5 Å². The van der Waals surface area contributed by atoms with Gasteiger partial charge in [0, 0.05) is 22.8 Å². The molecule has 15 heavy (non-hydrogen) atoms. The van der Waals surface area contributed by atoms with E-state index in [9.17, 15) is 13.6 Å². The second-order valence-corrected chi connectivity index (χ2v) is 4.51. The average Bonchev–Trinajstić information content (AvgIpc) is 2.09. The molecular weight excluding hydrogens is 289 g/mol. The summed E-state index contributed by atoms with van der Waals surface area (Å²) in [4.78, 5) is 11.1. The molecule has 1 nitrogen and oxygen atoms in total. The minimum Gasteiger partial charge on any atom is -0.293 e. The number of hydrogen-bond acceptors (Lipinski definition) is 1. The Labute approximate surface area is 99.6 Å². The Bertz CT molecular complexity index is 387. The molecule has 5 heteroatoms. The molecule has 0 aromatic heterocycles. The number of benzene rings is 1. The number of carbonyl (C=O) groups excluding carboxylic acids is 1. The van der Waals surface area contributed by atoms with Gasteiger partial charge in [-0.3, -0.25) is 4.79 Å². The molecule has 1 aromatic rings. The first-order chi connectivity index (χ1) is 6.80. The van der Waals surface area contributed by atoms with Gasteiger partial charge in [0.25, 0.3) is 0 Å². The van der Waals surface area contributed by atoms with Gasteiger partial charge in [-0.15, -0.1) is 0 Å².